The summed E-state index contributed by atoms with van der Waals surface area (Å²) in [5, 5.41) is 6.43. The average Bonchev–Trinajstić information content (AvgIpc) is 2.57. The molecule has 1 amide bonds. The van der Waals surface area contributed by atoms with Gasteiger partial charge in [-0.05, 0) is 37.1 Å². The fourth-order valence-electron chi connectivity index (χ4n) is 3.30. The predicted molar refractivity (Wildman–Crippen MR) is 85.6 cm³/mol. The third kappa shape index (κ3) is 4.28. The minimum atomic E-state index is -0.462. The second-order valence-electron chi connectivity index (χ2n) is 6.16. The second-order valence-corrected chi connectivity index (χ2v) is 6.16. The molecule has 0 spiro atoms. The lowest BCUT2D eigenvalue weighted by Gasteiger charge is -2.35. The zero-order valence-corrected chi connectivity index (χ0v) is 13.3. The molecule has 2 unspecified atom stereocenters. The smallest absolute Gasteiger partial charge is 0.242 e. The number of amides is 1. The molecule has 6 heteroatoms. The highest BCUT2D eigenvalue weighted by atomic mass is 19.1. The molecule has 2 aliphatic rings. The van der Waals surface area contributed by atoms with E-state index in [2.05, 4.69) is 15.5 Å². The monoisotopic (exact) mass is 321 g/mol. The minimum absolute atomic E-state index is 0.0498. The van der Waals surface area contributed by atoms with Crippen LogP contribution < -0.4 is 10.6 Å². The summed E-state index contributed by atoms with van der Waals surface area (Å²) in [7, 11) is 0. The number of halogens is 1. The summed E-state index contributed by atoms with van der Waals surface area (Å²) in [5.74, 6) is -0.362. The maximum absolute atomic E-state index is 13.6. The van der Waals surface area contributed by atoms with Crippen LogP contribution in [-0.2, 0) is 9.53 Å². The van der Waals surface area contributed by atoms with Crippen LogP contribution in [0.2, 0.25) is 0 Å². The number of ether oxygens (including phenoxy) is 1. The van der Waals surface area contributed by atoms with E-state index in [0.29, 0.717) is 31.9 Å². The Bertz CT molecular complexity index is 528. The van der Waals surface area contributed by atoms with Crippen LogP contribution >= 0.6 is 0 Å². The Morgan fingerprint density at radius 1 is 1.39 bits per heavy atom. The van der Waals surface area contributed by atoms with Gasteiger partial charge in [-0.25, -0.2) is 4.39 Å². The number of carbonyl (C=O) groups is 1. The molecule has 126 valence electrons. The lowest BCUT2D eigenvalue weighted by atomic mass is 10.0. The van der Waals surface area contributed by atoms with Crippen molar-refractivity contribution in [1.29, 1.82) is 0 Å². The van der Waals surface area contributed by atoms with E-state index in [-0.39, 0.29) is 17.8 Å². The van der Waals surface area contributed by atoms with Crippen LogP contribution in [0, 0.1) is 5.82 Å². The van der Waals surface area contributed by atoms with E-state index in [1.807, 2.05) is 6.07 Å². The van der Waals surface area contributed by atoms with E-state index < -0.39 is 6.04 Å². The summed E-state index contributed by atoms with van der Waals surface area (Å²) >= 11 is 0. The van der Waals surface area contributed by atoms with Crippen molar-refractivity contribution in [1.82, 2.24) is 15.5 Å². The van der Waals surface area contributed by atoms with Crippen LogP contribution in [0.5, 0.6) is 0 Å². The number of hydrogen-bond acceptors (Lipinski definition) is 4. The molecule has 0 bridgehead atoms. The highest BCUT2D eigenvalue weighted by molar-refractivity contribution is 5.83. The Kier molecular flexibility index (Phi) is 5.59. The first-order valence-corrected chi connectivity index (χ1v) is 8.32. The normalized spacial score (nSPS) is 24.1. The zero-order chi connectivity index (χ0) is 16.1. The number of benzene rings is 1. The topological polar surface area (TPSA) is 53.6 Å². The Balaban J connectivity index is 1.77. The average molecular weight is 321 g/mol. The van der Waals surface area contributed by atoms with Crippen molar-refractivity contribution in [3.63, 3.8) is 0 Å². The SMILES string of the molecule is O=C(NC1CCCNC1)C(c1cccc(F)c1)N1CCOCC1. The fraction of sp³-hybridized carbons (Fsp3) is 0.588. The third-order valence-corrected chi connectivity index (χ3v) is 4.47. The molecular weight excluding hydrogens is 297 g/mol. The number of nitrogens with one attached hydrogen (secondary N) is 2. The van der Waals surface area contributed by atoms with Crippen molar-refractivity contribution in [2.75, 3.05) is 39.4 Å². The second kappa shape index (κ2) is 7.86. The van der Waals surface area contributed by atoms with Crippen LogP contribution in [0.25, 0.3) is 0 Å². The van der Waals surface area contributed by atoms with Gasteiger partial charge in [0.15, 0.2) is 0 Å². The summed E-state index contributed by atoms with van der Waals surface area (Å²) < 4.78 is 19.0. The number of hydrogen-bond donors (Lipinski definition) is 2. The number of nitrogens with zero attached hydrogens (tertiary/aromatic N) is 1. The number of piperidine rings is 1. The molecule has 5 nitrogen and oxygen atoms in total. The van der Waals surface area contributed by atoms with E-state index in [9.17, 15) is 9.18 Å². The van der Waals surface area contributed by atoms with Crippen molar-refractivity contribution in [2.24, 2.45) is 0 Å². The third-order valence-electron chi connectivity index (χ3n) is 4.47. The lowest BCUT2D eigenvalue weighted by Crippen LogP contribution is -2.51. The summed E-state index contributed by atoms with van der Waals surface area (Å²) in [4.78, 5) is 15.0. The van der Waals surface area contributed by atoms with E-state index in [1.54, 1.807) is 6.07 Å². The first-order chi connectivity index (χ1) is 11.2. The van der Waals surface area contributed by atoms with Gasteiger partial charge in [-0.2, -0.15) is 0 Å². The molecular formula is C17H24FN3O2. The van der Waals surface area contributed by atoms with Crippen LogP contribution in [0.1, 0.15) is 24.4 Å². The van der Waals surface area contributed by atoms with E-state index in [4.69, 9.17) is 4.74 Å². The Morgan fingerprint density at radius 3 is 2.91 bits per heavy atom. The molecule has 1 aromatic carbocycles. The van der Waals surface area contributed by atoms with Gasteiger partial charge in [0.05, 0.1) is 13.2 Å². The molecule has 2 heterocycles. The lowest BCUT2D eigenvalue weighted by molar-refractivity contribution is -0.129. The van der Waals surface area contributed by atoms with Gasteiger partial charge in [-0.1, -0.05) is 12.1 Å². The minimum Gasteiger partial charge on any atom is -0.379 e. The zero-order valence-electron chi connectivity index (χ0n) is 13.3. The molecule has 0 saturated carbocycles. The molecule has 23 heavy (non-hydrogen) atoms. The van der Waals surface area contributed by atoms with Gasteiger partial charge in [0.25, 0.3) is 0 Å². The predicted octanol–water partition coefficient (Wildman–Crippen LogP) is 1.07. The molecule has 1 aromatic rings. The fourth-order valence-corrected chi connectivity index (χ4v) is 3.30. The maximum atomic E-state index is 13.6. The van der Waals surface area contributed by atoms with Gasteiger partial charge in [0.2, 0.25) is 5.91 Å². The summed E-state index contributed by atoms with van der Waals surface area (Å²) in [6.45, 7) is 4.36. The maximum Gasteiger partial charge on any atom is 0.242 e. The first-order valence-electron chi connectivity index (χ1n) is 8.32. The summed E-state index contributed by atoms with van der Waals surface area (Å²) in [6.07, 6.45) is 2.05. The van der Waals surface area contributed by atoms with Crippen LogP contribution in [-0.4, -0.2) is 56.2 Å². The van der Waals surface area contributed by atoms with Gasteiger partial charge < -0.3 is 15.4 Å². The standard InChI is InChI=1S/C17H24FN3O2/c18-14-4-1-3-13(11-14)16(21-7-9-23-10-8-21)17(22)20-15-5-2-6-19-12-15/h1,3-4,11,15-16,19H,2,5-10,12H2,(H,20,22). The van der Waals surface area contributed by atoms with Crippen LogP contribution in [0.4, 0.5) is 4.39 Å². The molecule has 3 rings (SSSR count). The van der Waals surface area contributed by atoms with E-state index >= 15 is 0 Å². The molecule has 2 N–H and O–H groups in total. The Morgan fingerprint density at radius 2 is 2.22 bits per heavy atom. The van der Waals surface area contributed by atoms with Gasteiger partial charge in [0.1, 0.15) is 11.9 Å². The van der Waals surface area contributed by atoms with Crippen LogP contribution in [0.3, 0.4) is 0 Å². The van der Waals surface area contributed by atoms with Gasteiger partial charge in [-0.3, -0.25) is 9.69 Å². The molecule has 2 saturated heterocycles. The van der Waals surface area contributed by atoms with Crippen molar-refractivity contribution < 1.29 is 13.9 Å². The Labute approximate surface area is 136 Å². The van der Waals surface area contributed by atoms with Gasteiger partial charge in [-0.15, -0.1) is 0 Å². The largest absolute Gasteiger partial charge is 0.379 e. The van der Waals surface area contributed by atoms with E-state index in [1.165, 1.54) is 12.1 Å². The van der Waals surface area contributed by atoms with Crippen LogP contribution in [0.15, 0.2) is 24.3 Å². The number of rotatable bonds is 4. The molecule has 0 aliphatic carbocycles. The number of carbonyl (C=O) groups excluding carboxylic acids is 1. The molecule has 2 aliphatic heterocycles. The first kappa shape index (κ1) is 16.4. The highest BCUT2D eigenvalue weighted by Crippen LogP contribution is 2.23. The highest BCUT2D eigenvalue weighted by Gasteiger charge is 2.30. The Hall–Kier alpha value is -1.50. The summed E-state index contributed by atoms with van der Waals surface area (Å²) in [5.41, 5.74) is 0.702. The van der Waals surface area contributed by atoms with Crippen molar-refractivity contribution in [2.45, 2.75) is 24.9 Å². The van der Waals surface area contributed by atoms with E-state index in [0.717, 1.165) is 25.9 Å². The summed E-state index contributed by atoms with van der Waals surface area (Å²) in [6, 6.07) is 6.03. The van der Waals surface area contributed by atoms with Gasteiger partial charge in [0, 0.05) is 25.7 Å². The molecule has 2 atom stereocenters. The van der Waals surface area contributed by atoms with Crippen molar-refractivity contribution >= 4 is 5.91 Å². The quantitative estimate of drug-likeness (QED) is 0.871. The van der Waals surface area contributed by atoms with Crippen molar-refractivity contribution in [3.8, 4) is 0 Å². The molecule has 0 radical (unpaired) electrons. The van der Waals surface area contributed by atoms with Gasteiger partial charge >= 0.3 is 0 Å². The molecule has 0 aromatic heterocycles. The molecule has 2 fully saturated rings. The number of morpholine rings is 1. The van der Waals surface area contributed by atoms with Crippen molar-refractivity contribution in [3.05, 3.63) is 35.6 Å².